The lowest BCUT2D eigenvalue weighted by Crippen LogP contribution is -2.32. The van der Waals surface area contributed by atoms with Gasteiger partial charge in [-0.1, -0.05) is 0 Å². The van der Waals surface area contributed by atoms with Crippen LogP contribution in [0.1, 0.15) is 56.8 Å². The van der Waals surface area contributed by atoms with Gasteiger partial charge in [-0.3, -0.25) is 9.59 Å². The zero-order valence-corrected chi connectivity index (χ0v) is 17.4. The standard InChI is InChI=1S/C22H26N2O4S/c1-27-15-10-8-14(9-11-15)20(25)24-22-19(17-6-2-3-7-18(17)29-22)21(26)23-13-16-5-4-12-28-16/h8-11,16H,2-7,12-13H2,1H3,(H,23,26)(H,24,25)/t16-/m0/s1. The number of carbonyl (C=O) groups is 2. The van der Waals surface area contributed by atoms with Crippen molar-refractivity contribution in [3.05, 3.63) is 45.8 Å². The van der Waals surface area contributed by atoms with Gasteiger partial charge in [0.15, 0.2) is 0 Å². The van der Waals surface area contributed by atoms with Crippen LogP contribution < -0.4 is 15.4 Å². The number of anilines is 1. The van der Waals surface area contributed by atoms with E-state index in [-0.39, 0.29) is 17.9 Å². The molecule has 2 amide bonds. The van der Waals surface area contributed by atoms with Crippen LogP contribution in [0.15, 0.2) is 24.3 Å². The fraction of sp³-hybridized carbons (Fsp3) is 0.455. The number of ether oxygens (including phenoxy) is 2. The second kappa shape index (κ2) is 8.97. The van der Waals surface area contributed by atoms with Gasteiger partial charge in [-0.25, -0.2) is 0 Å². The van der Waals surface area contributed by atoms with Crippen molar-refractivity contribution in [2.75, 3.05) is 25.6 Å². The Morgan fingerprint density at radius 3 is 2.66 bits per heavy atom. The molecule has 1 aromatic carbocycles. The van der Waals surface area contributed by atoms with E-state index in [1.807, 2.05) is 0 Å². The smallest absolute Gasteiger partial charge is 0.256 e. The molecule has 0 spiro atoms. The van der Waals surface area contributed by atoms with Crippen molar-refractivity contribution in [2.24, 2.45) is 0 Å². The molecule has 7 heteroatoms. The van der Waals surface area contributed by atoms with Gasteiger partial charge in [0.2, 0.25) is 0 Å². The van der Waals surface area contributed by atoms with E-state index in [1.54, 1.807) is 31.4 Å². The molecule has 4 rings (SSSR count). The molecular weight excluding hydrogens is 388 g/mol. The van der Waals surface area contributed by atoms with Crippen LogP contribution in [-0.2, 0) is 17.6 Å². The molecule has 1 aliphatic carbocycles. The van der Waals surface area contributed by atoms with Crippen LogP contribution in [0, 0.1) is 0 Å². The zero-order chi connectivity index (χ0) is 20.2. The summed E-state index contributed by atoms with van der Waals surface area (Å²) in [4.78, 5) is 27.0. The number of thiophene rings is 1. The first-order valence-corrected chi connectivity index (χ1v) is 11.0. The summed E-state index contributed by atoms with van der Waals surface area (Å²) in [5.74, 6) is 0.353. The summed E-state index contributed by atoms with van der Waals surface area (Å²) in [6.07, 6.45) is 6.14. The van der Waals surface area contributed by atoms with E-state index in [0.717, 1.165) is 50.7 Å². The Balaban J connectivity index is 1.54. The first kappa shape index (κ1) is 19.9. The Labute approximate surface area is 174 Å². The first-order chi connectivity index (χ1) is 14.2. The number of rotatable bonds is 6. The van der Waals surface area contributed by atoms with E-state index in [0.29, 0.717) is 28.4 Å². The van der Waals surface area contributed by atoms with Gasteiger partial charge in [-0.2, -0.15) is 0 Å². The summed E-state index contributed by atoms with van der Waals surface area (Å²) < 4.78 is 10.8. The lowest BCUT2D eigenvalue weighted by atomic mass is 9.95. The maximum atomic E-state index is 13.0. The van der Waals surface area contributed by atoms with Crippen LogP contribution in [0.2, 0.25) is 0 Å². The minimum atomic E-state index is -0.223. The fourth-order valence-electron chi connectivity index (χ4n) is 3.91. The van der Waals surface area contributed by atoms with Crippen LogP contribution >= 0.6 is 11.3 Å². The first-order valence-electron chi connectivity index (χ1n) is 10.2. The molecule has 0 bridgehead atoms. The third-order valence-electron chi connectivity index (χ3n) is 5.49. The Kier molecular flexibility index (Phi) is 6.16. The van der Waals surface area contributed by atoms with E-state index < -0.39 is 0 Å². The van der Waals surface area contributed by atoms with Gasteiger partial charge in [0.1, 0.15) is 10.8 Å². The van der Waals surface area contributed by atoms with Gasteiger partial charge >= 0.3 is 0 Å². The van der Waals surface area contributed by atoms with Gasteiger partial charge in [-0.05, 0) is 68.4 Å². The van der Waals surface area contributed by atoms with E-state index >= 15 is 0 Å². The third-order valence-corrected chi connectivity index (χ3v) is 6.70. The fourth-order valence-corrected chi connectivity index (χ4v) is 5.19. The van der Waals surface area contributed by atoms with Crippen LogP contribution in [0.4, 0.5) is 5.00 Å². The average molecular weight is 415 g/mol. The van der Waals surface area contributed by atoms with E-state index in [1.165, 1.54) is 16.2 Å². The number of benzene rings is 1. The van der Waals surface area contributed by atoms with Gasteiger partial charge in [-0.15, -0.1) is 11.3 Å². The molecule has 2 N–H and O–H groups in total. The van der Waals surface area contributed by atoms with Gasteiger partial charge in [0, 0.05) is 23.6 Å². The predicted octanol–water partition coefficient (Wildman–Crippen LogP) is 3.80. The zero-order valence-electron chi connectivity index (χ0n) is 16.6. The van der Waals surface area contributed by atoms with Gasteiger partial charge in [0.25, 0.3) is 11.8 Å². The van der Waals surface area contributed by atoms with Crippen LogP contribution in [-0.4, -0.2) is 38.2 Å². The molecule has 29 heavy (non-hydrogen) atoms. The maximum absolute atomic E-state index is 13.0. The van der Waals surface area contributed by atoms with Crippen molar-refractivity contribution in [3.63, 3.8) is 0 Å². The number of aryl methyl sites for hydroxylation is 1. The number of amides is 2. The Morgan fingerprint density at radius 2 is 1.93 bits per heavy atom. The highest BCUT2D eigenvalue weighted by atomic mass is 32.1. The number of fused-ring (bicyclic) bond motifs is 1. The Morgan fingerprint density at radius 1 is 1.14 bits per heavy atom. The number of hydrogen-bond donors (Lipinski definition) is 2. The molecule has 0 radical (unpaired) electrons. The highest BCUT2D eigenvalue weighted by molar-refractivity contribution is 7.17. The summed E-state index contributed by atoms with van der Waals surface area (Å²) in [6, 6.07) is 6.95. The van der Waals surface area contributed by atoms with Crippen LogP contribution in [0.25, 0.3) is 0 Å². The summed E-state index contributed by atoms with van der Waals surface area (Å²) >= 11 is 1.53. The SMILES string of the molecule is COc1ccc(C(=O)Nc2sc3c(c2C(=O)NC[C@@H]2CCCO2)CCCC3)cc1. The van der Waals surface area contributed by atoms with Crippen LogP contribution in [0.5, 0.6) is 5.75 Å². The molecule has 6 nitrogen and oxygen atoms in total. The van der Waals surface area contributed by atoms with Crippen molar-refractivity contribution < 1.29 is 19.1 Å². The lowest BCUT2D eigenvalue weighted by molar-refractivity contribution is 0.0858. The summed E-state index contributed by atoms with van der Waals surface area (Å²) in [5.41, 5.74) is 2.25. The minimum Gasteiger partial charge on any atom is -0.497 e. The molecule has 1 fully saturated rings. The highest BCUT2D eigenvalue weighted by Gasteiger charge is 2.27. The number of nitrogens with one attached hydrogen (secondary N) is 2. The minimum absolute atomic E-state index is 0.0887. The quantitative estimate of drug-likeness (QED) is 0.754. The highest BCUT2D eigenvalue weighted by Crippen LogP contribution is 2.38. The molecule has 2 aliphatic rings. The molecule has 2 heterocycles. The molecule has 0 saturated carbocycles. The van der Waals surface area contributed by atoms with E-state index in [2.05, 4.69) is 10.6 Å². The van der Waals surface area contributed by atoms with Crippen molar-refractivity contribution >= 4 is 28.2 Å². The average Bonchev–Trinajstić information content (AvgIpc) is 3.39. The normalized spacial score (nSPS) is 18.2. The molecule has 154 valence electrons. The van der Waals surface area contributed by atoms with Crippen molar-refractivity contribution in [1.82, 2.24) is 5.32 Å². The molecular formula is C22H26N2O4S. The predicted molar refractivity (Wildman–Crippen MR) is 113 cm³/mol. The second-order valence-electron chi connectivity index (χ2n) is 7.44. The van der Waals surface area contributed by atoms with E-state index in [4.69, 9.17) is 9.47 Å². The van der Waals surface area contributed by atoms with Gasteiger partial charge < -0.3 is 20.1 Å². The number of methoxy groups -OCH3 is 1. The Bertz CT molecular complexity index is 885. The maximum Gasteiger partial charge on any atom is 0.256 e. The summed E-state index contributed by atoms with van der Waals surface area (Å²) in [6.45, 7) is 1.27. The van der Waals surface area contributed by atoms with Crippen LogP contribution in [0.3, 0.4) is 0 Å². The molecule has 2 aromatic rings. The molecule has 1 aliphatic heterocycles. The summed E-state index contributed by atoms with van der Waals surface area (Å²) in [5, 5.41) is 6.64. The third kappa shape index (κ3) is 4.46. The number of hydrogen-bond acceptors (Lipinski definition) is 5. The molecule has 0 unspecified atom stereocenters. The van der Waals surface area contributed by atoms with Gasteiger partial charge in [0.05, 0.1) is 18.8 Å². The van der Waals surface area contributed by atoms with Crippen molar-refractivity contribution in [3.8, 4) is 5.75 Å². The van der Waals surface area contributed by atoms with Crippen molar-refractivity contribution in [2.45, 2.75) is 44.6 Å². The molecule has 1 atom stereocenters. The number of carbonyl (C=O) groups excluding carboxylic acids is 2. The monoisotopic (exact) mass is 414 g/mol. The second-order valence-corrected chi connectivity index (χ2v) is 8.55. The largest absolute Gasteiger partial charge is 0.497 e. The van der Waals surface area contributed by atoms with E-state index in [9.17, 15) is 9.59 Å². The van der Waals surface area contributed by atoms with Crippen molar-refractivity contribution in [1.29, 1.82) is 0 Å². The lowest BCUT2D eigenvalue weighted by Gasteiger charge is -2.15. The molecule has 1 saturated heterocycles. The summed E-state index contributed by atoms with van der Waals surface area (Å²) in [7, 11) is 1.59. The molecule has 1 aromatic heterocycles. The topological polar surface area (TPSA) is 76.7 Å². The Hall–Kier alpha value is -2.38.